The van der Waals surface area contributed by atoms with Gasteiger partial charge in [-0.1, -0.05) is 17.4 Å². The summed E-state index contributed by atoms with van der Waals surface area (Å²) in [6, 6.07) is 9.23. The van der Waals surface area contributed by atoms with Gasteiger partial charge in [-0.2, -0.15) is 0 Å². The first kappa shape index (κ1) is 17.8. The van der Waals surface area contributed by atoms with E-state index < -0.39 is 5.91 Å². The molecule has 136 valence electrons. The maximum atomic E-state index is 12.8. The van der Waals surface area contributed by atoms with E-state index in [1.807, 2.05) is 36.6 Å². The van der Waals surface area contributed by atoms with Gasteiger partial charge in [-0.05, 0) is 54.0 Å². The summed E-state index contributed by atoms with van der Waals surface area (Å²) in [6.45, 7) is 4.41. The third kappa shape index (κ3) is 3.15. The Morgan fingerprint density at radius 1 is 1.26 bits per heavy atom. The van der Waals surface area contributed by atoms with Crippen molar-refractivity contribution in [3.63, 3.8) is 0 Å². The maximum absolute atomic E-state index is 12.8. The Balaban J connectivity index is 1.78. The van der Waals surface area contributed by atoms with Crippen LogP contribution in [0.1, 0.15) is 23.0 Å². The smallest absolute Gasteiger partial charge is 0.262 e. The van der Waals surface area contributed by atoms with Crippen LogP contribution in [0.15, 0.2) is 45.8 Å². The number of pyridine rings is 2. The van der Waals surface area contributed by atoms with Crippen molar-refractivity contribution in [1.82, 2.24) is 14.5 Å². The highest BCUT2D eigenvalue weighted by Gasteiger charge is 2.18. The summed E-state index contributed by atoms with van der Waals surface area (Å²) in [5, 5.41) is 3.64. The molecule has 0 bridgehead atoms. The van der Waals surface area contributed by atoms with Gasteiger partial charge in [0.15, 0.2) is 5.13 Å². The number of carbonyl (C=O) groups excluding carboxylic acids is 1. The highest BCUT2D eigenvalue weighted by molar-refractivity contribution is 9.10. The third-order valence-electron chi connectivity index (χ3n) is 4.24. The molecule has 0 unspecified atom stereocenters. The number of para-hydroxylation sites is 1. The number of halogens is 1. The molecule has 1 N–H and O–H groups in total. The molecular formula is C19H15BrN4O2S. The molecule has 3 heterocycles. The Bertz CT molecular complexity index is 1260. The lowest BCUT2D eigenvalue weighted by Crippen LogP contribution is -2.24. The second-order valence-electron chi connectivity index (χ2n) is 6.04. The molecule has 1 aromatic carbocycles. The van der Waals surface area contributed by atoms with Crippen LogP contribution in [0.4, 0.5) is 5.13 Å². The highest BCUT2D eigenvalue weighted by atomic mass is 79.9. The number of anilines is 1. The van der Waals surface area contributed by atoms with Gasteiger partial charge >= 0.3 is 0 Å². The number of aromatic nitrogens is 3. The molecule has 0 fully saturated rings. The fourth-order valence-corrected chi connectivity index (χ4v) is 4.37. The number of nitrogens with zero attached hydrogens (tertiary/aromatic N) is 3. The minimum Gasteiger partial charge on any atom is -0.332 e. The first-order valence-electron chi connectivity index (χ1n) is 8.35. The second-order valence-corrected chi connectivity index (χ2v) is 7.93. The summed E-state index contributed by atoms with van der Waals surface area (Å²) < 4.78 is 3.62. The van der Waals surface area contributed by atoms with Crippen molar-refractivity contribution in [3.8, 4) is 0 Å². The van der Waals surface area contributed by atoms with Crippen LogP contribution in [-0.4, -0.2) is 20.4 Å². The third-order valence-corrected chi connectivity index (χ3v) is 5.81. The summed E-state index contributed by atoms with van der Waals surface area (Å²) in [5.74, 6) is -0.472. The molecular weight excluding hydrogens is 428 g/mol. The lowest BCUT2D eigenvalue weighted by atomic mass is 10.1. The molecule has 0 aliphatic rings. The number of benzene rings is 1. The highest BCUT2D eigenvalue weighted by Crippen LogP contribution is 2.31. The summed E-state index contributed by atoms with van der Waals surface area (Å²) in [7, 11) is 0. The van der Waals surface area contributed by atoms with Crippen LogP contribution in [0.25, 0.3) is 21.3 Å². The molecule has 0 atom stereocenters. The average molecular weight is 443 g/mol. The molecule has 27 heavy (non-hydrogen) atoms. The van der Waals surface area contributed by atoms with E-state index in [0.717, 1.165) is 20.4 Å². The van der Waals surface area contributed by atoms with Gasteiger partial charge in [-0.25, -0.2) is 9.97 Å². The quantitative estimate of drug-likeness (QED) is 0.511. The number of aryl methyl sites for hydroxylation is 2. The monoisotopic (exact) mass is 442 g/mol. The zero-order chi connectivity index (χ0) is 19.1. The predicted molar refractivity (Wildman–Crippen MR) is 112 cm³/mol. The largest absolute Gasteiger partial charge is 0.332 e. The molecule has 0 aliphatic carbocycles. The zero-order valence-corrected chi connectivity index (χ0v) is 17.0. The fraction of sp³-hybridized carbons (Fsp3) is 0.158. The van der Waals surface area contributed by atoms with Gasteiger partial charge in [0.05, 0.1) is 15.6 Å². The van der Waals surface area contributed by atoms with Gasteiger partial charge in [0.2, 0.25) is 5.43 Å². The molecule has 0 aliphatic heterocycles. The Hall–Kier alpha value is -2.58. The Kier molecular flexibility index (Phi) is 4.53. The Morgan fingerprint density at radius 2 is 2.07 bits per heavy atom. The summed E-state index contributed by atoms with van der Waals surface area (Å²) in [4.78, 5) is 34.5. The number of hydrogen-bond acceptors (Lipinski definition) is 5. The van der Waals surface area contributed by atoms with E-state index in [1.54, 1.807) is 18.3 Å². The SMILES string of the molecule is CCn1cc(C(=O)Nc2nc3c(Br)cccc3s2)c(=O)c2ccc(C)nc21. The van der Waals surface area contributed by atoms with Crippen molar-refractivity contribution in [2.45, 2.75) is 20.4 Å². The van der Waals surface area contributed by atoms with Crippen LogP contribution in [0, 0.1) is 6.92 Å². The standard InChI is InChI=1S/C19H15BrN4O2S/c1-3-24-9-12(16(25)11-8-7-10(2)21-17(11)24)18(26)23-19-22-15-13(20)5-4-6-14(15)27-19/h4-9H,3H2,1-2H3,(H,22,23,26). The second kappa shape index (κ2) is 6.86. The minimum atomic E-state index is -0.472. The molecule has 0 spiro atoms. The van der Waals surface area contributed by atoms with E-state index in [4.69, 9.17) is 0 Å². The first-order valence-corrected chi connectivity index (χ1v) is 9.96. The number of rotatable bonds is 3. The summed E-state index contributed by atoms with van der Waals surface area (Å²) in [6.07, 6.45) is 1.57. The number of thiazole rings is 1. The number of hydrogen-bond donors (Lipinski definition) is 1. The number of amides is 1. The summed E-state index contributed by atoms with van der Waals surface area (Å²) in [5.41, 5.74) is 1.93. The molecule has 8 heteroatoms. The lowest BCUT2D eigenvalue weighted by molar-refractivity contribution is 0.102. The van der Waals surface area contributed by atoms with Crippen LogP contribution in [-0.2, 0) is 6.54 Å². The fourth-order valence-electron chi connectivity index (χ4n) is 2.90. The molecule has 4 rings (SSSR count). The van der Waals surface area contributed by atoms with Gasteiger partial charge in [-0.3, -0.25) is 14.9 Å². The van der Waals surface area contributed by atoms with Gasteiger partial charge in [0.25, 0.3) is 5.91 Å². The van der Waals surface area contributed by atoms with E-state index >= 15 is 0 Å². The molecule has 0 radical (unpaired) electrons. The van der Waals surface area contributed by atoms with Crippen molar-refractivity contribution in [1.29, 1.82) is 0 Å². The Labute approximate surface area is 167 Å². The number of nitrogens with one attached hydrogen (secondary N) is 1. The van der Waals surface area contributed by atoms with Crippen LogP contribution in [0.3, 0.4) is 0 Å². The first-order chi connectivity index (χ1) is 13.0. The van der Waals surface area contributed by atoms with Crippen molar-refractivity contribution >= 4 is 59.6 Å². The van der Waals surface area contributed by atoms with Gasteiger partial charge < -0.3 is 4.57 Å². The molecule has 3 aromatic heterocycles. The molecule has 1 amide bonds. The van der Waals surface area contributed by atoms with Crippen LogP contribution in [0.2, 0.25) is 0 Å². The Morgan fingerprint density at radius 3 is 2.81 bits per heavy atom. The van der Waals surface area contributed by atoms with Crippen molar-refractivity contribution < 1.29 is 4.79 Å². The zero-order valence-electron chi connectivity index (χ0n) is 14.6. The van der Waals surface area contributed by atoms with E-state index in [9.17, 15) is 9.59 Å². The molecule has 4 aromatic rings. The number of fused-ring (bicyclic) bond motifs is 2. The predicted octanol–water partition coefficient (Wildman–Crippen LogP) is 4.35. The van der Waals surface area contributed by atoms with Crippen LogP contribution < -0.4 is 10.7 Å². The van der Waals surface area contributed by atoms with Crippen LogP contribution in [0.5, 0.6) is 0 Å². The summed E-state index contributed by atoms with van der Waals surface area (Å²) >= 11 is 4.82. The van der Waals surface area contributed by atoms with Crippen LogP contribution >= 0.6 is 27.3 Å². The molecule has 0 saturated heterocycles. The van der Waals surface area contributed by atoms with Crippen molar-refractivity contribution in [2.24, 2.45) is 0 Å². The molecule has 0 saturated carbocycles. The maximum Gasteiger partial charge on any atom is 0.262 e. The van der Waals surface area contributed by atoms with Crippen molar-refractivity contribution in [3.05, 3.63) is 62.5 Å². The van der Waals surface area contributed by atoms with Crippen molar-refractivity contribution in [2.75, 3.05) is 5.32 Å². The normalized spacial score (nSPS) is 11.2. The lowest BCUT2D eigenvalue weighted by Gasteiger charge is -2.11. The minimum absolute atomic E-state index is 0.0772. The van der Waals surface area contributed by atoms with Gasteiger partial charge in [-0.15, -0.1) is 0 Å². The molecule has 6 nitrogen and oxygen atoms in total. The van der Waals surface area contributed by atoms with Gasteiger partial charge in [0.1, 0.15) is 11.2 Å². The number of carbonyl (C=O) groups is 1. The van der Waals surface area contributed by atoms with E-state index in [0.29, 0.717) is 22.7 Å². The topological polar surface area (TPSA) is 76.9 Å². The van der Waals surface area contributed by atoms with Gasteiger partial charge in [0, 0.05) is 22.9 Å². The van der Waals surface area contributed by atoms with E-state index in [-0.39, 0.29) is 11.0 Å². The van der Waals surface area contributed by atoms with E-state index in [1.165, 1.54) is 11.3 Å². The average Bonchev–Trinajstić information content (AvgIpc) is 3.05. The van der Waals surface area contributed by atoms with E-state index in [2.05, 4.69) is 31.2 Å².